The highest BCUT2D eigenvalue weighted by molar-refractivity contribution is 8.00. The molecular weight excluding hydrogens is 438 g/mol. The summed E-state index contributed by atoms with van der Waals surface area (Å²) in [4.78, 5) is 31.7. The van der Waals surface area contributed by atoms with Gasteiger partial charge in [0.1, 0.15) is 5.52 Å². The molecule has 1 saturated heterocycles. The van der Waals surface area contributed by atoms with Crippen LogP contribution in [0, 0.1) is 0 Å². The van der Waals surface area contributed by atoms with Crippen molar-refractivity contribution < 1.29 is 9.59 Å². The van der Waals surface area contributed by atoms with E-state index in [1.54, 1.807) is 6.33 Å². The van der Waals surface area contributed by atoms with Crippen molar-refractivity contribution in [2.24, 2.45) is 5.73 Å². The van der Waals surface area contributed by atoms with E-state index in [-0.39, 0.29) is 18.0 Å². The number of nitrogens with one attached hydrogen (secondary N) is 2. The second kappa shape index (κ2) is 10.8. The Hall–Kier alpha value is -2.85. The predicted molar refractivity (Wildman–Crippen MR) is 133 cm³/mol. The van der Waals surface area contributed by atoms with Gasteiger partial charge in [-0.15, -0.1) is 0 Å². The number of nitrogens with zero attached hydrogens (tertiary/aromatic N) is 3. The molecule has 0 aliphatic carbocycles. The van der Waals surface area contributed by atoms with Crippen molar-refractivity contribution in [3.63, 3.8) is 0 Å². The summed E-state index contributed by atoms with van der Waals surface area (Å²) in [5.74, 6) is 1.37. The number of aromatic nitrogens is 3. The summed E-state index contributed by atoms with van der Waals surface area (Å²) in [5.41, 5.74) is 14.8. The first-order valence-corrected chi connectivity index (χ1v) is 12.5. The lowest BCUT2D eigenvalue weighted by Crippen LogP contribution is -2.46. The normalized spacial score (nSPS) is 20.3. The number of rotatable bonds is 11. The largest absolute Gasteiger partial charge is 0.382 e. The van der Waals surface area contributed by atoms with Crippen LogP contribution in [0.2, 0.25) is 0 Å². The third kappa shape index (κ3) is 5.39. The molecule has 3 aromatic rings. The minimum atomic E-state index is -0.0171. The minimum absolute atomic E-state index is 0.0171. The Bertz CT molecular complexity index is 1120. The number of carbonyl (C=O) groups is 2. The standard InChI is InChI=1S/C23H31N7O2S/c24-20-17(28-14-31)12-33-18(20)8-3-4-9-19(32)26-10-5-11-30-13-27-21-22(30)15-6-1-2-7-16(15)29-23(21)25/h1-2,6-7,13-14,17-18,20H,3-5,8-12,24H2,(H2,25,29)(H,26,32)(H,28,31)/t17-,18-,20-/m0/s1. The Kier molecular flexibility index (Phi) is 7.66. The van der Waals surface area contributed by atoms with Crippen molar-refractivity contribution in [3.8, 4) is 0 Å². The second-order valence-electron chi connectivity index (χ2n) is 8.44. The van der Waals surface area contributed by atoms with E-state index in [9.17, 15) is 9.59 Å². The van der Waals surface area contributed by atoms with Gasteiger partial charge in [0.05, 0.1) is 23.4 Å². The maximum atomic E-state index is 12.2. The summed E-state index contributed by atoms with van der Waals surface area (Å²) < 4.78 is 2.08. The van der Waals surface area contributed by atoms with Crippen molar-refractivity contribution in [1.82, 2.24) is 25.2 Å². The summed E-state index contributed by atoms with van der Waals surface area (Å²) in [7, 11) is 0. The van der Waals surface area contributed by atoms with Gasteiger partial charge in [-0.2, -0.15) is 11.8 Å². The monoisotopic (exact) mass is 469 g/mol. The van der Waals surface area contributed by atoms with Gasteiger partial charge >= 0.3 is 0 Å². The number of carbonyl (C=O) groups excluding carboxylic acids is 2. The van der Waals surface area contributed by atoms with Crippen molar-refractivity contribution in [3.05, 3.63) is 30.6 Å². The summed E-state index contributed by atoms with van der Waals surface area (Å²) in [5, 5.41) is 7.17. The number of thioether (sulfide) groups is 1. The van der Waals surface area contributed by atoms with Gasteiger partial charge in [-0.3, -0.25) is 9.59 Å². The second-order valence-corrected chi connectivity index (χ2v) is 9.71. The molecule has 1 fully saturated rings. The SMILES string of the molecule is Nc1nc2ccccc2c2c1ncn2CCCNC(=O)CCCC[C@@H]1SC[C@H](NC=O)[C@@H]1N. The molecule has 4 rings (SSSR count). The van der Waals surface area contributed by atoms with Crippen LogP contribution in [-0.2, 0) is 16.1 Å². The molecule has 33 heavy (non-hydrogen) atoms. The molecule has 6 N–H and O–H groups in total. The maximum Gasteiger partial charge on any atom is 0.219 e. The maximum absolute atomic E-state index is 12.2. The number of aryl methyl sites for hydroxylation is 1. The fourth-order valence-corrected chi connectivity index (χ4v) is 5.92. The summed E-state index contributed by atoms with van der Waals surface area (Å²) in [6.45, 7) is 1.34. The molecule has 0 unspecified atom stereocenters. The number of fused-ring (bicyclic) bond motifs is 3. The lowest BCUT2D eigenvalue weighted by Gasteiger charge is -2.18. The van der Waals surface area contributed by atoms with E-state index in [2.05, 4.69) is 25.2 Å². The molecule has 1 aliphatic heterocycles. The van der Waals surface area contributed by atoms with Gasteiger partial charge < -0.3 is 26.7 Å². The van der Waals surface area contributed by atoms with Gasteiger partial charge in [0.25, 0.3) is 0 Å². The van der Waals surface area contributed by atoms with Crippen LogP contribution in [-0.4, -0.2) is 56.5 Å². The van der Waals surface area contributed by atoms with E-state index in [1.165, 1.54) is 0 Å². The number of amides is 2. The molecule has 1 aromatic carbocycles. The van der Waals surface area contributed by atoms with Crippen LogP contribution in [0.15, 0.2) is 30.6 Å². The van der Waals surface area contributed by atoms with Crippen molar-refractivity contribution >= 4 is 51.8 Å². The predicted octanol–water partition coefficient (Wildman–Crippen LogP) is 1.79. The quantitative estimate of drug-likeness (QED) is 0.248. The Morgan fingerprint density at radius 3 is 2.97 bits per heavy atom. The number of hydrogen-bond acceptors (Lipinski definition) is 7. The number of imidazole rings is 1. The molecule has 1 aliphatic rings. The fraction of sp³-hybridized carbons (Fsp3) is 0.478. The Morgan fingerprint density at radius 2 is 2.12 bits per heavy atom. The Morgan fingerprint density at radius 1 is 1.27 bits per heavy atom. The molecule has 9 nitrogen and oxygen atoms in total. The van der Waals surface area contributed by atoms with E-state index in [0.29, 0.717) is 29.6 Å². The number of anilines is 1. The lowest BCUT2D eigenvalue weighted by molar-refractivity contribution is -0.121. The Balaban J connectivity index is 1.18. The molecule has 3 heterocycles. The van der Waals surface area contributed by atoms with Crippen LogP contribution in [0.1, 0.15) is 32.1 Å². The fourth-order valence-electron chi connectivity index (χ4n) is 4.40. The molecule has 0 spiro atoms. The first-order chi connectivity index (χ1) is 16.1. The van der Waals surface area contributed by atoms with Gasteiger partial charge in [-0.1, -0.05) is 24.6 Å². The van der Waals surface area contributed by atoms with Crippen molar-refractivity contribution in [2.45, 2.75) is 56.0 Å². The van der Waals surface area contributed by atoms with Gasteiger partial charge in [-0.25, -0.2) is 9.97 Å². The molecule has 2 amide bonds. The van der Waals surface area contributed by atoms with Crippen LogP contribution in [0.25, 0.3) is 21.9 Å². The zero-order valence-corrected chi connectivity index (χ0v) is 19.4. The van der Waals surface area contributed by atoms with E-state index in [0.717, 1.165) is 60.8 Å². The third-order valence-electron chi connectivity index (χ3n) is 6.19. The number of nitrogens with two attached hydrogens (primary N) is 2. The van der Waals surface area contributed by atoms with Crippen LogP contribution < -0.4 is 22.1 Å². The smallest absolute Gasteiger partial charge is 0.219 e. The average Bonchev–Trinajstić information content (AvgIpc) is 3.39. The number of unbranched alkanes of at least 4 members (excludes halogenated alkanes) is 1. The Labute approximate surface area is 197 Å². The molecule has 10 heteroatoms. The molecule has 0 saturated carbocycles. The van der Waals surface area contributed by atoms with E-state index in [4.69, 9.17) is 11.5 Å². The highest BCUT2D eigenvalue weighted by atomic mass is 32.2. The number of hydrogen-bond donors (Lipinski definition) is 4. The topological polar surface area (TPSA) is 141 Å². The van der Waals surface area contributed by atoms with Gasteiger partial charge in [-0.05, 0) is 25.3 Å². The summed E-state index contributed by atoms with van der Waals surface area (Å²) in [6, 6.07) is 7.94. The minimum Gasteiger partial charge on any atom is -0.382 e. The molecule has 176 valence electrons. The molecular formula is C23H31N7O2S. The first kappa shape index (κ1) is 23.3. The van der Waals surface area contributed by atoms with Crippen LogP contribution >= 0.6 is 11.8 Å². The van der Waals surface area contributed by atoms with Crippen LogP contribution in [0.5, 0.6) is 0 Å². The van der Waals surface area contributed by atoms with E-state index < -0.39 is 0 Å². The summed E-state index contributed by atoms with van der Waals surface area (Å²) >= 11 is 1.81. The first-order valence-electron chi connectivity index (χ1n) is 11.4. The number of para-hydroxylation sites is 1. The number of nitrogen functional groups attached to an aromatic ring is 1. The highest BCUT2D eigenvalue weighted by Gasteiger charge is 2.33. The van der Waals surface area contributed by atoms with Crippen molar-refractivity contribution in [1.29, 1.82) is 0 Å². The van der Waals surface area contributed by atoms with Gasteiger partial charge in [0, 0.05) is 41.9 Å². The van der Waals surface area contributed by atoms with Gasteiger partial charge in [0.2, 0.25) is 12.3 Å². The van der Waals surface area contributed by atoms with E-state index >= 15 is 0 Å². The van der Waals surface area contributed by atoms with E-state index in [1.807, 2.05) is 36.0 Å². The lowest BCUT2D eigenvalue weighted by atomic mass is 10.0. The van der Waals surface area contributed by atoms with Crippen molar-refractivity contribution in [2.75, 3.05) is 18.0 Å². The number of pyridine rings is 1. The molecule has 0 bridgehead atoms. The van der Waals surface area contributed by atoms with Crippen LogP contribution in [0.3, 0.4) is 0 Å². The highest BCUT2D eigenvalue weighted by Crippen LogP contribution is 2.30. The van der Waals surface area contributed by atoms with Gasteiger partial charge in [0.15, 0.2) is 5.82 Å². The molecule has 3 atom stereocenters. The third-order valence-corrected chi connectivity index (χ3v) is 7.72. The molecule has 0 radical (unpaired) electrons. The zero-order valence-electron chi connectivity index (χ0n) is 18.6. The average molecular weight is 470 g/mol. The molecule has 2 aromatic heterocycles. The summed E-state index contributed by atoms with van der Waals surface area (Å²) in [6.07, 6.45) is 6.59. The zero-order chi connectivity index (χ0) is 23.2. The van der Waals surface area contributed by atoms with Crippen LogP contribution in [0.4, 0.5) is 5.82 Å². The number of benzene rings is 1.